The Labute approximate surface area is 158 Å². The summed E-state index contributed by atoms with van der Waals surface area (Å²) in [4.78, 5) is 12.2. The molecule has 1 unspecified atom stereocenters. The fraction of sp³-hybridized carbons (Fsp3) is 0.350. The molecule has 0 aliphatic heterocycles. The van der Waals surface area contributed by atoms with Crippen LogP contribution < -0.4 is 0 Å². The van der Waals surface area contributed by atoms with Crippen LogP contribution in [0, 0.1) is 0 Å². The van der Waals surface area contributed by atoms with E-state index in [0.29, 0.717) is 24.1 Å². The molecule has 0 aliphatic rings. The van der Waals surface area contributed by atoms with E-state index in [1.54, 1.807) is 37.3 Å². The van der Waals surface area contributed by atoms with Crippen LogP contribution in [-0.4, -0.2) is 12.4 Å². The first-order chi connectivity index (χ1) is 13.0. The van der Waals surface area contributed by atoms with E-state index in [0.717, 1.165) is 0 Å². The molecule has 0 radical (unpaired) electrons. The first kappa shape index (κ1) is 21.9. The van der Waals surface area contributed by atoms with Gasteiger partial charge in [-0.15, -0.1) is 0 Å². The highest BCUT2D eigenvalue weighted by atomic mass is 19.4. The van der Waals surface area contributed by atoms with Crippen molar-refractivity contribution in [3.05, 3.63) is 70.8 Å². The van der Waals surface area contributed by atoms with Gasteiger partial charge in [0.05, 0.1) is 17.2 Å². The molecule has 2 nitrogen and oxygen atoms in total. The van der Waals surface area contributed by atoms with Gasteiger partial charge in [-0.2, -0.15) is 26.3 Å². The van der Waals surface area contributed by atoms with Crippen LogP contribution in [0.15, 0.2) is 48.5 Å². The maximum absolute atomic E-state index is 13.1. The Hall–Kier alpha value is -2.35. The molecule has 152 valence electrons. The first-order valence-electron chi connectivity index (χ1n) is 8.51. The Morgan fingerprint density at radius 2 is 1.46 bits per heavy atom. The molecule has 2 rings (SSSR count). The molecule has 1 atom stereocenters. The van der Waals surface area contributed by atoms with Crippen LogP contribution in [0.5, 0.6) is 0 Å². The average molecular weight is 404 g/mol. The molecule has 8 heteroatoms. The number of ketones is 1. The zero-order chi connectivity index (χ0) is 20.9. The summed E-state index contributed by atoms with van der Waals surface area (Å²) in [6.45, 7) is 1.26. The second-order valence-corrected chi connectivity index (χ2v) is 6.22. The van der Waals surface area contributed by atoms with Gasteiger partial charge in [0.25, 0.3) is 0 Å². The molecule has 0 aliphatic carbocycles. The lowest BCUT2D eigenvalue weighted by atomic mass is 9.98. The molecule has 2 aromatic carbocycles. The van der Waals surface area contributed by atoms with Crippen molar-refractivity contribution in [3.63, 3.8) is 0 Å². The van der Waals surface area contributed by atoms with Crippen molar-refractivity contribution in [2.75, 3.05) is 6.61 Å². The summed E-state index contributed by atoms with van der Waals surface area (Å²) in [5, 5.41) is 0. The quantitative estimate of drug-likeness (QED) is 0.391. The lowest BCUT2D eigenvalue weighted by molar-refractivity contribution is -0.143. The minimum absolute atomic E-state index is 0.0711. The zero-order valence-corrected chi connectivity index (χ0v) is 14.9. The monoisotopic (exact) mass is 404 g/mol. The summed E-state index contributed by atoms with van der Waals surface area (Å²) in [5.41, 5.74) is -2.73. The molecule has 0 aromatic heterocycles. The summed E-state index contributed by atoms with van der Waals surface area (Å²) >= 11 is 0. The predicted octanol–water partition coefficient (Wildman–Crippen LogP) is 6.46. The first-order valence-corrected chi connectivity index (χ1v) is 8.51. The van der Waals surface area contributed by atoms with E-state index in [2.05, 4.69) is 0 Å². The number of rotatable bonds is 7. The van der Waals surface area contributed by atoms with Gasteiger partial charge in [0.15, 0.2) is 5.78 Å². The SMILES string of the molecule is CCCC(OCC(=O)c1ccccc1)c1cc(C(F)(F)F)cc(C(F)(F)F)c1. The third kappa shape index (κ3) is 5.82. The molecule has 0 amide bonds. The molecular weight excluding hydrogens is 386 g/mol. The molecule has 0 spiro atoms. The van der Waals surface area contributed by atoms with Crippen LogP contribution in [0.2, 0.25) is 0 Å². The van der Waals surface area contributed by atoms with Gasteiger partial charge in [-0.1, -0.05) is 43.7 Å². The van der Waals surface area contributed by atoms with Crippen LogP contribution in [0.25, 0.3) is 0 Å². The molecule has 0 N–H and O–H groups in total. The number of carbonyl (C=O) groups excluding carboxylic acids is 1. The number of ether oxygens (including phenoxy) is 1. The van der Waals surface area contributed by atoms with Gasteiger partial charge in [-0.3, -0.25) is 4.79 Å². The van der Waals surface area contributed by atoms with Crippen molar-refractivity contribution in [1.82, 2.24) is 0 Å². The fourth-order valence-electron chi connectivity index (χ4n) is 2.66. The summed E-state index contributed by atoms with van der Waals surface area (Å²) in [6, 6.07) is 9.43. The normalized spacial score (nSPS) is 13.4. The number of carbonyl (C=O) groups is 1. The lowest BCUT2D eigenvalue weighted by Crippen LogP contribution is -2.16. The summed E-state index contributed by atoms with van der Waals surface area (Å²) in [7, 11) is 0. The highest BCUT2D eigenvalue weighted by Gasteiger charge is 2.37. The Bertz CT molecular complexity index is 764. The van der Waals surface area contributed by atoms with E-state index in [1.165, 1.54) is 0 Å². The molecule has 0 heterocycles. The van der Waals surface area contributed by atoms with Gasteiger partial charge in [0, 0.05) is 5.56 Å². The Balaban J connectivity index is 2.32. The molecule has 0 bridgehead atoms. The Kier molecular flexibility index (Phi) is 6.87. The third-order valence-electron chi connectivity index (χ3n) is 4.04. The van der Waals surface area contributed by atoms with Crippen LogP contribution in [0.3, 0.4) is 0 Å². The van der Waals surface area contributed by atoms with Crippen molar-refractivity contribution in [1.29, 1.82) is 0 Å². The maximum atomic E-state index is 13.1. The highest BCUT2D eigenvalue weighted by molar-refractivity contribution is 5.97. The number of Topliss-reactive ketones (excluding diaryl/α,β-unsaturated/α-hetero) is 1. The van der Waals surface area contributed by atoms with E-state index >= 15 is 0 Å². The van der Waals surface area contributed by atoms with E-state index < -0.39 is 42.0 Å². The van der Waals surface area contributed by atoms with Crippen molar-refractivity contribution in [2.45, 2.75) is 38.2 Å². The van der Waals surface area contributed by atoms with Gasteiger partial charge in [-0.05, 0) is 30.2 Å². The van der Waals surface area contributed by atoms with Crippen molar-refractivity contribution < 1.29 is 35.9 Å². The highest BCUT2D eigenvalue weighted by Crippen LogP contribution is 2.38. The number of benzene rings is 2. The van der Waals surface area contributed by atoms with Gasteiger partial charge < -0.3 is 4.74 Å². The van der Waals surface area contributed by atoms with Crippen LogP contribution in [-0.2, 0) is 17.1 Å². The average Bonchev–Trinajstić information content (AvgIpc) is 2.63. The number of hydrogen-bond acceptors (Lipinski definition) is 2. The number of alkyl halides is 6. The van der Waals surface area contributed by atoms with E-state index in [-0.39, 0.29) is 18.1 Å². The zero-order valence-electron chi connectivity index (χ0n) is 14.9. The second-order valence-electron chi connectivity index (χ2n) is 6.22. The largest absolute Gasteiger partial charge is 0.416 e. The Morgan fingerprint density at radius 1 is 0.929 bits per heavy atom. The number of halogens is 6. The maximum Gasteiger partial charge on any atom is 0.416 e. The second kappa shape index (κ2) is 8.77. The van der Waals surface area contributed by atoms with E-state index in [4.69, 9.17) is 4.74 Å². The minimum atomic E-state index is -4.94. The predicted molar refractivity (Wildman–Crippen MR) is 90.8 cm³/mol. The summed E-state index contributed by atoms with van der Waals surface area (Å²) < 4.78 is 83.8. The molecule has 28 heavy (non-hydrogen) atoms. The molecule has 0 saturated heterocycles. The summed E-state index contributed by atoms with van der Waals surface area (Å²) in [6.07, 6.45) is -10.3. The minimum Gasteiger partial charge on any atom is -0.365 e. The smallest absolute Gasteiger partial charge is 0.365 e. The third-order valence-corrected chi connectivity index (χ3v) is 4.04. The van der Waals surface area contributed by atoms with Gasteiger partial charge in [-0.25, -0.2) is 0 Å². The number of hydrogen-bond donors (Lipinski definition) is 0. The van der Waals surface area contributed by atoms with Crippen LogP contribution in [0.1, 0.15) is 52.9 Å². The van der Waals surface area contributed by atoms with Gasteiger partial charge in [0.2, 0.25) is 0 Å². The van der Waals surface area contributed by atoms with Gasteiger partial charge in [0.1, 0.15) is 6.61 Å². The van der Waals surface area contributed by atoms with Crippen LogP contribution >= 0.6 is 0 Å². The van der Waals surface area contributed by atoms with Crippen molar-refractivity contribution >= 4 is 5.78 Å². The van der Waals surface area contributed by atoms with E-state index in [9.17, 15) is 31.1 Å². The van der Waals surface area contributed by atoms with Gasteiger partial charge >= 0.3 is 12.4 Å². The molecule has 2 aromatic rings. The molecule has 0 saturated carbocycles. The molecule has 0 fully saturated rings. The molecular formula is C20H18F6O2. The van der Waals surface area contributed by atoms with Crippen LogP contribution in [0.4, 0.5) is 26.3 Å². The van der Waals surface area contributed by atoms with Crippen molar-refractivity contribution in [2.24, 2.45) is 0 Å². The standard InChI is InChI=1S/C20H18F6O2/c1-2-6-18(28-12-17(27)13-7-4-3-5-8-13)14-9-15(19(21,22)23)11-16(10-14)20(24,25)26/h3-5,7-11,18H,2,6,12H2,1H3. The summed E-state index contributed by atoms with van der Waals surface area (Å²) in [5.74, 6) is -0.412. The Morgan fingerprint density at radius 3 is 1.93 bits per heavy atom. The lowest BCUT2D eigenvalue weighted by Gasteiger charge is -2.21. The fourth-order valence-corrected chi connectivity index (χ4v) is 2.66. The topological polar surface area (TPSA) is 26.3 Å². The van der Waals surface area contributed by atoms with E-state index in [1.807, 2.05) is 0 Å². The van der Waals surface area contributed by atoms with Crippen molar-refractivity contribution in [3.8, 4) is 0 Å².